The highest BCUT2D eigenvalue weighted by Gasteiger charge is 2.19. The number of amides is 1. The van der Waals surface area contributed by atoms with E-state index >= 15 is 0 Å². The molecule has 112 valence electrons. The minimum absolute atomic E-state index is 0.00655. The van der Waals surface area contributed by atoms with Crippen molar-refractivity contribution < 1.29 is 18.7 Å². The smallest absolute Gasteiger partial charge is 0.246 e. The third-order valence-corrected chi connectivity index (χ3v) is 2.93. The van der Waals surface area contributed by atoms with Gasteiger partial charge in [0.05, 0.1) is 19.5 Å². The molecule has 0 aliphatic carbocycles. The van der Waals surface area contributed by atoms with Crippen molar-refractivity contribution in [2.75, 3.05) is 26.9 Å². The van der Waals surface area contributed by atoms with Gasteiger partial charge in [0.15, 0.2) is 0 Å². The molecule has 0 saturated carbocycles. The predicted octanol–water partition coefficient (Wildman–Crippen LogP) is 2.15. The molecule has 1 atom stereocenters. The van der Waals surface area contributed by atoms with Gasteiger partial charge in [-0.05, 0) is 17.7 Å². The minimum atomic E-state index is -0.320. The third-order valence-electron chi connectivity index (χ3n) is 2.93. The van der Waals surface area contributed by atoms with Crippen LogP contribution in [0.2, 0.25) is 0 Å². The van der Waals surface area contributed by atoms with Gasteiger partial charge < -0.3 is 19.2 Å². The highest BCUT2D eigenvalue weighted by Crippen LogP contribution is 2.22. The van der Waals surface area contributed by atoms with Crippen molar-refractivity contribution in [3.63, 3.8) is 0 Å². The lowest BCUT2D eigenvalue weighted by molar-refractivity contribution is -0.126. The topological polar surface area (TPSA) is 60.7 Å². The molecule has 2 aromatic rings. The van der Waals surface area contributed by atoms with Crippen LogP contribution in [0.5, 0.6) is 0 Å². The third kappa shape index (κ3) is 4.73. The first kappa shape index (κ1) is 15.3. The molecule has 21 heavy (non-hydrogen) atoms. The quantitative estimate of drug-likeness (QED) is 0.756. The Balaban J connectivity index is 1.99. The summed E-state index contributed by atoms with van der Waals surface area (Å²) in [6, 6.07) is 13.0. The van der Waals surface area contributed by atoms with Crippen molar-refractivity contribution in [1.82, 2.24) is 5.32 Å². The Hall–Kier alpha value is -2.11. The average molecular weight is 289 g/mol. The number of hydrogen-bond donors (Lipinski definition) is 1. The van der Waals surface area contributed by atoms with E-state index in [9.17, 15) is 4.79 Å². The zero-order valence-electron chi connectivity index (χ0n) is 12.0. The van der Waals surface area contributed by atoms with Crippen molar-refractivity contribution >= 4 is 5.91 Å². The normalized spacial score (nSPS) is 12.0. The van der Waals surface area contributed by atoms with Gasteiger partial charge in [0, 0.05) is 7.11 Å². The Morgan fingerprint density at radius 2 is 2.00 bits per heavy atom. The van der Waals surface area contributed by atoms with Crippen LogP contribution in [0.3, 0.4) is 0 Å². The molecule has 0 spiro atoms. The van der Waals surface area contributed by atoms with E-state index in [1.807, 2.05) is 36.4 Å². The van der Waals surface area contributed by atoms with E-state index < -0.39 is 0 Å². The van der Waals surface area contributed by atoms with Crippen molar-refractivity contribution in [1.29, 1.82) is 0 Å². The van der Waals surface area contributed by atoms with E-state index in [-0.39, 0.29) is 18.6 Å². The standard InChI is InChI=1S/C16H19NO4/c1-19-10-11-20-12-15(18)17-16(14-8-5-9-21-14)13-6-3-2-4-7-13/h2-9,16H,10-12H2,1H3,(H,17,18). The van der Waals surface area contributed by atoms with E-state index in [0.717, 1.165) is 5.56 Å². The van der Waals surface area contributed by atoms with Gasteiger partial charge in [-0.25, -0.2) is 0 Å². The summed E-state index contributed by atoms with van der Waals surface area (Å²) in [5, 5.41) is 2.91. The number of furan rings is 1. The molecule has 1 heterocycles. The molecule has 0 bridgehead atoms. The molecule has 0 aliphatic heterocycles. The number of benzene rings is 1. The minimum Gasteiger partial charge on any atom is -0.467 e. The van der Waals surface area contributed by atoms with Gasteiger partial charge in [0.2, 0.25) is 5.91 Å². The molecule has 0 radical (unpaired) electrons. The van der Waals surface area contributed by atoms with Gasteiger partial charge >= 0.3 is 0 Å². The van der Waals surface area contributed by atoms with Crippen LogP contribution in [0.1, 0.15) is 17.4 Å². The Bertz CT molecular complexity index is 524. The molecular weight excluding hydrogens is 270 g/mol. The maximum atomic E-state index is 12.0. The summed E-state index contributed by atoms with van der Waals surface area (Å²) in [6.07, 6.45) is 1.59. The highest BCUT2D eigenvalue weighted by molar-refractivity contribution is 5.78. The Labute approximate surface area is 123 Å². The molecule has 1 N–H and O–H groups in total. The monoisotopic (exact) mass is 289 g/mol. The number of hydrogen-bond acceptors (Lipinski definition) is 4. The molecule has 5 heteroatoms. The molecule has 0 aliphatic rings. The van der Waals surface area contributed by atoms with Gasteiger partial charge in [-0.2, -0.15) is 0 Å². The largest absolute Gasteiger partial charge is 0.467 e. The number of nitrogens with one attached hydrogen (secondary N) is 1. The van der Waals surface area contributed by atoms with E-state index in [0.29, 0.717) is 19.0 Å². The SMILES string of the molecule is COCCOCC(=O)NC(c1ccccc1)c1ccco1. The van der Waals surface area contributed by atoms with Gasteiger partial charge in [-0.15, -0.1) is 0 Å². The van der Waals surface area contributed by atoms with E-state index in [2.05, 4.69) is 5.32 Å². The summed E-state index contributed by atoms with van der Waals surface area (Å²) >= 11 is 0. The molecule has 5 nitrogen and oxygen atoms in total. The summed E-state index contributed by atoms with van der Waals surface area (Å²) in [6.45, 7) is 0.849. The zero-order valence-corrected chi connectivity index (χ0v) is 12.0. The average Bonchev–Trinajstić information content (AvgIpc) is 3.04. The van der Waals surface area contributed by atoms with Crippen LogP contribution >= 0.6 is 0 Å². The van der Waals surface area contributed by atoms with Crippen molar-refractivity contribution in [2.24, 2.45) is 0 Å². The maximum Gasteiger partial charge on any atom is 0.246 e. The predicted molar refractivity (Wildman–Crippen MR) is 77.8 cm³/mol. The molecule has 1 unspecified atom stereocenters. The summed E-state index contributed by atoms with van der Waals surface area (Å²) < 4.78 is 15.5. The lowest BCUT2D eigenvalue weighted by Crippen LogP contribution is -2.32. The summed E-state index contributed by atoms with van der Waals surface area (Å²) in [5.41, 5.74) is 0.956. The first-order valence-corrected chi connectivity index (χ1v) is 6.75. The number of methoxy groups -OCH3 is 1. The zero-order chi connectivity index (χ0) is 14.9. The second-order valence-electron chi connectivity index (χ2n) is 4.47. The molecule has 1 aromatic carbocycles. The summed E-state index contributed by atoms with van der Waals surface area (Å²) in [7, 11) is 1.59. The fourth-order valence-electron chi connectivity index (χ4n) is 1.93. The van der Waals surface area contributed by atoms with Crippen molar-refractivity contribution in [2.45, 2.75) is 6.04 Å². The summed E-state index contributed by atoms with van der Waals surface area (Å²) in [5.74, 6) is 0.489. The second-order valence-corrected chi connectivity index (χ2v) is 4.47. The number of ether oxygens (including phenoxy) is 2. The molecule has 0 saturated heterocycles. The van der Waals surface area contributed by atoms with E-state index in [4.69, 9.17) is 13.9 Å². The fourth-order valence-corrected chi connectivity index (χ4v) is 1.93. The molecule has 1 amide bonds. The van der Waals surface area contributed by atoms with Crippen LogP contribution in [0, 0.1) is 0 Å². The van der Waals surface area contributed by atoms with Crippen LogP contribution in [-0.4, -0.2) is 32.8 Å². The van der Waals surface area contributed by atoms with Crippen LogP contribution in [0.15, 0.2) is 53.1 Å². The number of carbonyl (C=O) groups is 1. The van der Waals surface area contributed by atoms with Gasteiger partial charge in [0.25, 0.3) is 0 Å². The van der Waals surface area contributed by atoms with Crippen LogP contribution in [0.25, 0.3) is 0 Å². The van der Waals surface area contributed by atoms with Crippen molar-refractivity contribution in [3.8, 4) is 0 Å². The highest BCUT2D eigenvalue weighted by atomic mass is 16.5. The Morgan fingerprint density at radius 3 is 2.67 bits per heavy atom. The number of carbonyl (C=O) groups excluding carboxylic acids is 1. The van der Waals surface area contributed by atoms with Crippen LogP contribution < -0.4 is 5.32 Å². The Kier molecular flexibility index (Phi) is 5.99. The van der Waals surface area contributed by atoms with E-state index in [1.54, 1.807) is 19.4 Å². The van der Waals surface area contributed by atoms with Crippen molar-refractivity contribution in [3.05, 3.63) is 60.1 Å². The van der Waals surface area contributed by atoms with Gasteiger partial charge in [0.1, 0.15) is 18.4 Å². The Morgan fingerprint density at radius 1 is 1.19 bits per heavy atom. The second kappa shape index (κ2) is 8.24. The first-order valence-electron chi connectivity index (χ1n) is 6.75. The van der Waals surface area contributed by atoms with Gasteiger partial charge in [-0.1, -0.05) is 30.3 Å². The van der Waals surface area contributed by atoms with Crippen LogP contribution in [0.4, 0.5) is 0 Å². The molecular formula is C16H19NO4. The van der Waals surface area contributed by atoms with Gasteiger partial charge in [-0.3, -0.25) is 4.79 Å². The lowest BCUT2D eigenvalue weighted by Gasteiger charge is -2.17. The van der Waals surface area contributed by atoms with Crippen LogP contribution in [-0.2, 0) is 14.3 Å². The number of rotatable bonds is 8. The molecule has 0 fully saturated rings. The summed E-state index contributed by atoms with van der Waals surface area (Å²) in [4.78, 5) is 12.0. The molecule has 2 rings (SSSR count). The molecule has 1 aromatic heterocycles. The van der Waals surface area contributed by atoms with E-state index in [1.165, 1.54) is 0 Å². The fraction of sp³-hybridized carbons (Fsp3) is 0.312. The lowest BCUT2D eigenvalue weighted by atomic mass is 10.0. The first-order chi connectivity index (χ1) is 10.3. The maximum absolute atomic E-state index is 12.0.